The maximum Gasteiger partial charge on any atom is 0.412 e. The topological polar surface area (TPSA) is 158 Å². The van der Waals surface area contributed by atoms with Crippen molar-refractivity contribution in [1.82, 2.24) is 9.55 Å². The smallest absolute Gasteiger partial charge is 0.412 e. The Kier molecular flexibility index (Phi) is 8.66. The van der Waals surface area contributed by atoms with Crippen molar-refractivity contribution in [3.05, 3.63) is 53.1 Å². The monoisotopic (exact) mass is 510 g/mol. The summed E-state index contributed by atoms with van der Waals surface area (Å²) in [7, 11) is 0. The molecule has 0 saturated carbocycles. The Labute approximate surface area is 203 Å². The van der Waals surface area contributed by atoms with Crippen molar-refractivity contribution in [3.8, 4) is 0 Å². The fourth-order valence-electron chi connectivity index (χ4n) is 3.25. The SMILES string of the molecule is CCOC(=O)Nc1ccn([C@@H]2O[C@H](COC(=O)CCC(=O)Nc3ccccc3)[C@@H](O)C2(F)F)c(=O)n1. The number of aliphatic hydroxyl groups excluding tert-OH is 1. The minimum atomic E-state index is -3.94. The number of carbonyl (C=O) groups is 3. The molecular formula is C22H24F2N4O8. The van der Waals surface area contributed by atoms with Crippen molar-refractivity contribution in [2.75, 3.05) is 23.8 Å². The molecule has 1 aromatic heterocycles. The number of hydrogen-bond donors (Lipinski definition) is 3. The molecule has 1 saturated heterocycles. The average Bonchev–Trinajstić information content (AvgIpc) is 3.05. The van der Waals surface area contributed by atoms with E-state index in [1.54, 1.807) is 37.3 Å². The van der Waals surface area contributed by atoms with Gasteiger partial charge in [0.2, 0.25) is 12.1 Å². The number of rotatable bonds is 9. The highest BCUT2D eigenvalue weighted by molar-refractivity contribution is 5.92. The predicted octanol–water partition coefficient (Wildman–Crippen LogP) is 1.67. The molecule has 36 heavy (non-hydrogen) atoms. The van der Waals surface area contributed by atoms with Gasteiger partial charge in [-0.1, -0.05) is 18.2 Å². The molecule has 3 atom stereocenters. The summed E-state index contributed by atoms with van der Waals surface area (Å²) in [5.74, 6) is -5.49. The molecule has 0 bridgehead atoms. The summed E-state index contributed by atoms with van der Waals surface area (Å²) in [6.07, 6.45) is -6.84. The number of anilines is 2. The zero-order valence-corrected chi connectivity index (χ0v) is 19.1. The summed E-state index contributed by atoms with van der Waals surface area (Å²) in [6, 6.07) is 9.61. The second kappa shape index (κ2) is 11.7. The molecule has 0 spiro atoms. The van der Waals surface area contributed by atoms with Gasteiger partial charge in [0, 0.05) is 18.3 Å². The zero-order valence-electron chi connectivity index (χ0n) is 19.1. The van der Waals surface area contributed by atoms with Crippen LogP contribution in [-0.2, 0) is 23.8 Å². The third-order valence-electron chi connectivity index (χ3n) is 4.99. The fraction of sp³-hybridized carbons (Fsp3) is 0.409. The maximum absolute atomic E-state index is 14.7. The van der Waals surface area contributed by atoms with Crippen molar-refractivity contribution < 1.29 is 42.5 Å². The summed E-state index contributed by atoms with van der Waals surface area (Å²) in [4.78, 5) is 51.0. The second-order valence-electron chi connectivity index (χ2n) is 7.59. The highest BCUT2D eigenvalue weighted by Crippen LogP contribution is 2.42. The van der Waals surface area contributed by atoms with Crippen LogP contribution >= 0.6 is 0 Å². The molecule has 1 fully saturated rings. The Morgan fingerprint density at radius 2 is 1.86 bits per heavy atom. The Balaban J connectivity index is 1.55. The van der Waals surface area contributed by atoms with Gasteiger partial charge in [0.15, 0.2) is 6.10 Å². The lowest BCUT2D eigenvalue weighted by molar-refractivity contribution is -0.151. The van der Waals surface area contributed by atoms with E-state index in [1.165, 1.54) is 0 Å². The maximum atomic E-state index is 14.7. The van der Waals surface area contributed by atoms with Crippen molar-refractivity contribution >= 4 is 29.5 Å². The number of amides is 2. The number of benzene rings is 1. The van der Waals surface area contributed by atoms with Crippen LogP contribution in [0.5, 0.6) is 0 Å². The average molecular weight is 510 g/mol. The van der Waals surface area contributed by atoms with E-state index in [1.807, 2.05) is 0 Å². The van der Waals surface area contributed by atoms with Gasteiger partial charge < -0.3 is 24.6 Å². The van der Waals surface area contributed by atoms with Crippen LogP contribution < -0.4 is 16.3 Å². The molecule has 194 valence electrons. The largest absolute Gasteiger partial charge is 0.463 e. The third-order valence-corrected chi connectivity index (χ3v) is 4.99. The number of aliphatic hydroxyl groups is 1. The first-order valence-corrected chi connectivity index (χ1v) is 10.9. The fourth-order valence-corrected chi connectivity index (χ4v) is 3.25. The van der Waals surface area contributed by atoms with E-state index < -0.39 is 54.6 Å². The van der Waals surface area contributed by atoms with E-state index in [2.05, 4.69) is 20.4 Å². The number of nitrogens with one attached hydrogen (secondary N) is 2. The van der Waals surface area contributed by atoms with E-state index in [-0.39, 0.29) is 25.3 Å². The number of para-hydroxylation sites is 1. The third kappa shape index (κ3) is 6.60. The Hall–Kier alpha value is -3.91. The molecule has 12 nitrogen and oxygen atoms in total. The first-order valence-electron chi connectivity index (χ1n) is 10.9. The van der Waals surface area contributed by atoms with Crippen LogP contribution in [0.3, 0.4) is 0 Å². The van der Waals surface area contributed by atoms with Crippen LogP contribution in [0.15, 0.2) is 47.4 Å². The number of halogens is 2. The number of esters is 1. The molecule has 1 aliphatic rings. The molecule has 2 heterocycles. The number of aromatic nitrogens is 2. The van der Waals surface area contributed by atoms with E-state index in [0.717, 1.165) is 12.3 Å². The minimum absolute atomic E-state index is 0.0652. The normalized spacial score (nSPS) is 20.4. The van der Waals surface area contributed by atoms with Gasteiger partial charge in [0.1, 0.15) is 18.5 Å². The van der Waals surface area contributed by atoms with Crippen LogP contribution in [0, 0.1) is 0 Å². The van der Waals surface area contributed by atoms with Gasteiger partial charge in [-0.25, -0.2) is 9.59 Å². The lowest BCUT2D eigenvalue weighted by atomic mass is 10.1. The number of hydrogen-bond acceptors (Lipinski definition) is 9. The van der Waals surface area contributed by atoms with Gasteiger partial charge in [-0.3, -0.25) is 19.5 Å². The van der Waals surface area contributed by atoms with Gasteiger partial charge in [-0.15, -0.1) is 0 Å². The lowest BCUT2D eigenvalue weighted by Crippen LogP contribution is -2.42. The first kappa shape index (κ1) is 26.7. The molecule has 2 amide bonds. The van der Waals surface area contributed by atoms with Gasteiger partial charge in [0.25, 0.3) is 0 Å². The summed E-state index contributed by atoms with van der Waals surface area (Å²) < 4.78 is 44.4. The highest BCUT2D eigenvalue weighted by Gasteiger charge is 2.60. The lowest BCUT2D eigenvalue weighted by Gasteiger charge is -2.21. The first-order chi connectivity index (χ1) is 17.1. The van der Waals surface area contributed by atoms with Gasteiger partial charge >= 0.3 is 23.7 Å². The van der Waals surface area contributed by atoms with E-state index >= 15 is 0 Å². The second-order valence-corrected chi connectivity index (χ2v) is 7.59. The molecule has 3 rings (SSSR count). The van der Waals surface area contributed by atoms with Gasteiger partial charge in [-0.05, 0) is 25.1 Å². The predicted molar refractivity (Wildman–Crippen MR) is 119 cm³/mol. The molecule has 0 aliphatic carbocycles. The van der Waals surface area contributed by atoms with E-state index in [4.69, 9.17) is 9.47 Å². The van der Waals surface area contributed by atoms with Gasteiger partial charge in [0.05, 0.1) is 13.0 Å². The van der Waals surface area contributed by atoms with E-state index in [0.29, 0.717) is 10.3 Å². The number of nitrogens with zero attached hydrogens (tertiary/aromatic N) is 2. The van der Waals surface area contributed by atoms with Crippen molar-refractivity contribution in [2.24, 2.45) is 0 Å². The summed E-state index contributed by atoms with van der Waals surface area (Å²) in [6.45, 7) is 0.888. The standard InChI is InChI=1S/C22H24F2N4O8/c1-2-34-21(33)27-15-10-11-28(20(32)26-15)19-22(23,24)18(31)14(36-19)12-35-17(30)9-8-16(29)25-13-6-4-3-5-7-13/h3-7,10-11,14,18-19,31H,2,8-9,12H2,1H3,(H,25,29)(H,26,27,32,33)/t14-,18-,19-/m1/s1. The molecule has 3 N–H and O–H groups in total. The number of alkyl halides is 2. The van der Waals surface area contributed by atoms with Crippen LogP contribution in [-0.4, -0.2) is 64.0 Å². The summed E-state index contributed by atoms with van der Waals surface area (Å²) in [5, 5.41) is 14.8. The van der Waals surface area contributed by atoms with Crippen molar-refractivity contribution in [1.29, 1.82) is 0 Å². The number of carbonyl (C=O) groups excluding carboxylic acids is 3. The molecule has 0 unspecified atom stereocenters. The van der Waals surface area contributed by atoms with Crippen molar-refractivity contribution in [2.45, 2.75) is 44.1 Å². The number of ether oxygens (including phenoxy) is 3. The molecule has 1 aliphatic heterocycles. The summed E-state index contributed by atoms with van der Waals surface area (Å²) in [5.41, 5.74) is -0.649. The molecular weight excluding hydrogens is 486 g/mol. The highest BCUT2D eigenvalue weighted by atomic mass is 19.3. The molecule has 2 aromatic rings. The summed E-state index contributed by atoms with van der Waals surface area (Å²) >= 11 is 0. The van der Waals surface area contributed by atoms with Crippen LogP contribution in [0.25, 0.3) is 0 Å². The Bertz CT molecular complexity index is 1140. The molecule has 0 radical (unpaired) electrons. The van der Waals surface area contributed by atoms with Crippen LogP contribution in [0.2, 0.25) is 0 Å². The molecule has 14 heteroatoms. The van der Waals surface area contributed by atoms with Crippen molar-refractivity contribution in [3.63, 3.8) is 0 Å². The van der Waals surface area contributed by atoms with Gasteiger partial charge in [-0.2, -0.15) is 13.8 Å². The van der Waals surface area contributed by atoms with E-state index in [9.17, 15) is 33.1 Å². The van der Waals surface area contributed by atoms with Crippen LogP contribution in [0.4, 0.5) is 25.1 Å². The molecule has 1 aromatic carbocycles. The van der Waals surface area contributed by atoms with Crippen LogP contribution in [0.1, 0.15) is 26.0 Å². The Morgan fingerprint density at radius 1 is 1.14 bits per heavy atom. The zero-order chi connectivity index (χ0) is 26.3. The minimum Gasteiger partial charge on any atom is -0.463 e. The quantitative estimate of drug-likeness (QED) is 0.427. The Morgan fingerprint density at radius 3 is 2.53 bits per heavy atom.